The van der Waals surface area contributed by atoms with Gasteiger partial charge in [0.2, 0.25) is 0 Å². The van der Waals surface area contributed by atoms with Crippen LogP contribution in [0.5, 0.6) is 0 Å². The van der Waals surface area contributed by atoms with Crippen molar-refractivity contribution in [2.75, 3.05) is 5.32 Å². The van der Waals surface area contributed by atoms with Crippen LogP contribution in [0.4, 0.5) is 11.4 Å². The third kappa shape index (κ3) is 3.60. The standard InChI is InChI=1S/C17H20N2O2/c1-12(2)17(14-7-5-4-6-8-14)18-16-11-15(19(20)21)10-9-13(16)3/h4-12,17-18H,1-3H3. The zero-order valence-electron chi connectivity index (χ0n) is 12.5. The number of anilines is 1. The summed E-state index contributed by atoms with van der Waals surface area (Å²) in [5.74, 6) is 0.367. The molecule has 110 valence electrons. The van der Waals surface area contributed by atoms with Crippen molar-refractivity contribution in [3.8, 4) is 0 Å². The van der Waals surface area contributed by atoms with Gasteiger partial charge in [0.25, 0.3) is 5.69 Å². The molecular formula is C17H20N2O2. The maximum atomic E-state index is 10.9. The van der Waals surface area contributed by atoms with E-state index in [1.165, 1.54) is 11.6 Å². The highest BCUT2D eigenvalue weighted by Crippen LogP contribution is 2.30. The maximum absolute atomic E-state index is 10.9. The largest absolute Gasteiger partial charge is 0.378 e. The molecule has 1 N–H and O–H groups in total. The highest BCUT2D eigenvalue weighted by molar-refractivity contribution is 5.58. The van der Waals surface area contributed by atoms with Gasteiger partial charge in [-0.3, -0.25) is 10.1 Å². The first kappa shape index (κ1) is 15.0. The summed E-state index contributed by atoms with van der Waals surface area (Å²) < 4.78 is 0. The Balaban J connectivity index is 2.33. The van der Waals surface area contributed by atoms with Crippen LogP contribution >= 0.6 is 0 Å². The number of rotatable bonds is 5. The molecule has 1 unspecified atom stereocenters. The molecule has 0 spiro atoms. The molecule has 1 atom stereocenters. The van der Waals surface area contributed by atoms with Gasteiger partial charge in [-0.1, -0.05) is 50.2 Å². The highest BCUT2D eigenvalue weighted by Gasteiger charge is 2.17. The van der Waals surface area contributed by atoms with Crippen LogP contribution in [-0.4, -0.2) is 4.92 Å². The number of non-ortho nitro benzene ring substituents is 1. The van der Waals surface area contributed by atoms with Crippen LogP contribution in [0.1, 0.15) is 31.0 Å². The Morgan fingerprint density at radius 3 is 2.33 bits per heavy atom. The fourth-order valence-corrected chi connectivity index (χ4v) is 2.34. The van der Waals surface area contributed by atoms with Crippen molar-refractivity contribution in [3.05, 3.63) is 69.8 Å². The normalized spacial score (nSPS) is 12.2. The molecule has 2 aromatic rings. The van der Waals surface area contributed by atoms with E-state index in [0.29, 0.717) is 5.92 Å². The smallest absolute Gasteiger partial charge is 0.271 e. The van der Waals surface area contributed by atoms with E-state index in [0.717, 1.165) is 11.3 Å². The van der Waals surface area contributed by atoms with Gasteiger partial charge in [-0.2, -0.15) is 0 Å². The Morgan fingerprint density at radius 2 is 1.76 bits per heavy atom. The van der Waals surface area contributed by atoms with Crippen molar-refractivity contribution in [1.82, 2.24) is 0 Å². The van der Waals surface area contributed by atoms with E-state index in [1.807, 2.05) is 25.1 Å². The Bertz CT molecular complexity index is 624. The third-order valence-corrected chi connectivity index (χ3v) is 3.57. The first-order valence-corrected chi connectivity index (χ1v) is 7.05. The number of nitrogens with one attached hydrogen (secondary N) is 1. The molecule has 0 saturated carbocycles. The van der Waals surface area contributed by atoms with E-state index in [9.17, 15) is 10.1 Å². The summed E-state index contributed by atoms with van der Waals surface area (Å²) in [7, 11) is 0. The molecule has 0 saturated heterocycles. The molecule has 4 heteroatoms. The van der Waals surface area contributed by atoms with Crippen LogP contribution < -0.4 is 5.32 Å². The van der Waals surface area contributed by atoms with Gasteiger partial charge in [-0.25, -0.2) is 0 Å². The van der Waals surface area contributed by atoms with Crippen molar-refractivity contribution >= 4 is 11.4 Å². The fourth-order valence-electron chi connectivity index (χ4n) is 2.34. The van der Waals surface area contributed by atoms with Crippen LogP contribution in [0.15, 0.2) is 48.5 Å². The van der Waals surface area contributed by atoms with Crippen molar-refractivity contribution in [2.24, 2.45) is 5.92 Å². The van der Waals surface area contributed by atoms with Crippen molar-refractivity contribution in [1.29, 1.82) is 0 Å². The monoisotopic (exact) mass is 284 g/mol. The lowest BCUT2D eigenvalue weighted by Gasteiger charge is -2.25. The minimum absolute atomic E-state index is 0.110. The highest BCUT2D eigenvalue weighted by atomic mass is 16.6. The quantitative estimate of drug-likeness (QED) is 0.639. The van der Waals surface area contributed by atoms with Gasteiger partial charge >= 0.3 is 0 Å². The molecule has 0 aliphatic heterocycles. The summed E-state index contributed by atoms with van der Waals surface area (Å²) in [5, 5.41) is 14.4. The maximum Gasteiger partial charge on any atom is 0.271 e. The number of benzene rings is 2. The molecule has 21 heavy (non-hydrogen) atoms. The van der Waals surface area contributed by atoms with Crippen LogP contribution in [0.3, 0.4) is 0 Å². The Morgan fingerprint density at radius 1 is 1.10 bits per heavy atom. The summed E-state index contributed by atoms with van der Waals surface area (Å²) in [6.45, 7) is 6.23. The molecule has 0 heterocycles. The molecule has 2 rings (SSSR count). The molecule has 0 aliphatic rings. The van der Waals surface area contributed by atoms with E-state index in [2.05, 4.69) is 31.3 Å². The molecule has 0 fully saturated rings. The lowest BCUT2D eigenvalue weighted by Crippen LogP contribution is -2.17. The number of nitro benzene ring substituents is 1. The van der Waals surface area contributed by atoms with E-state index >= 15 is 0 Å². The molecule has 0 amide bonds. The third-order valence-electron chi connectivity index (χ3n) is 3.57. The fraction of sp³-hybridized carbons (Fsp3) is 0.294. The van der Waals surface area contributed by atoms with Crippen LogP contribution in [0, 0.1) is 23.0 Å². The van der Waals surface area contributed by atoms with Crippen molar-refractivity contribution < 1.29 is 4.92 Å². The lowest BCUT2D eigenvalue weighted by molar-refractivity contribution is -0.384. The minimum Gasteiger partial charge on any atom is -0.378 e. The van der Waals surface area contributed by atoms with E-state index in [4.69, 9.17) is 0 Å². The average molecular weight is 284 g/mol. The van der Waals surface area contributed by atoms with Crippen LogP contribution in [-0.2, 0) is 0 Å². The molecule has 2 aromatic carbocycles. The SMILES string of the molecule is Cc1ccc([N+](=O)[O-])cc1NC(c1ccccc1)C(C)C. The summed E-state index contributed by atoms with van der Waals surface area (Å²) in [5.41, 5.74) is 3.10. The van der Waals surface area contributed by atoms with Crippen molar-refractivity contribution in [2.45, 2.75) is 26.8 Å². The molecule has 0 aromatic heterocycles. The minimum atomic E-state index is -0.364. The number of hydrogen-bond acceptors (Lipinski definition) is 3. The van der Waals surface area contributed by atoms with Gasteiger partial charge in [-0.05, 0) is 24.0 Å². The van der Waals surface area contributed by atoms with Crippen molar-refractivity contribution in [3.63, 3.8) is 0 Å². The average Bonchev–Trinajstić information content (AvgIpc) is 2.46. The Kier molecular flexibility index (Phi) is 4.58. The second-order valence-electron chi connectivity index (χ2n) is 5.53. The second kappa shape index (κ2) is 6.39. The number of aryl methyl sites for hydroxylation is 1. The molecule has 4 nitrogen and oxygen atoms in total. The van der Waals surface area contributed by atoms with Crippen LogP contribution in [0.25, 0.3) is 0 Å². The van der Waals surface area contributed by atoms with Gasteiger partial charge in [0.15, 0.2) is 0 Å². The van der Waals surface area contributed by atoms with E-state index in [-0.39, 0.29) is 16.7 Å². The number of nitrogens with zero attached hydrogens (tertiary/aromatic N) is 1. The Hall–Kier alpha value is -2.36. The Labute approximate surface area is 125 Å². The zero-order valence-corrected chi connectivity index (χ0v) is 12.5. The summed E-state index contributed by atoms with van der Waals surface area (Å²) >= 11 is 0. The van der Waals surface area contributed by atoms with Crippen LogP contribution in [0.2, 0.25) is 0 Å². The summed E-state index contributed by atoms with van der Waals surface area (Å²) in [6, 6.07) is 15.2. The van der Waals surface area contributed by atoms with E-state index < -0.39 is 0 Å². The predicted molar refractivity (Wildman–Crippen MR) is 85.5 cm³/mol. The summed E-state index contributed by atoms with van der Waals surface area (Å²) in [4.78, 5) is 10.6. The lowest BCUT2D eigenvalue weighted by atomic mass is 9.95. The van der Waals surface area contributed by atoms with Gasteiger partial charge in [-0.15, -0.1) is 0 Å². The molecule has 0 aliphatic carbocycles. The predicted octanol–water partition coefficient (Wildman–Crippen LogP) is 4.71. The van der Waals surface area contributed by atoms with Gasteiger partial charge in [0, 0.05) is 17.8 Å². The first-order valence-electron chi connectivity index (χ1n) is 7.05. The first-order chi connectivity index (χ1) is 9.99. The molecular weight excluding hydrogens is 264 g/mol. The topological polar surface area (TPSA) is 55.2 Å². The zero-order chi connectivity index (χ0) is 15.4. The van der Waals surface area contributed by atoms with Gasteiger partial charge in [0.1, 0.15) is 0 Å². The van der Waals surface area contributed by atoms with E-state index in [1.54, 1.807) is 12.1 Å². The second-order valence-corrected chi connectivity index (χ2v) is 5.53. The molecule has 0 bridgehead atoms. The van der Waals surface area contributed by atoms with Gasteiger partial charge < -0.3 is 5.32 Å². The number of hydrogen-bond donors (Lipinski definition) is 1. The number of nitro groups is 1. The summed E-state index contributed by atoms with van der Waals surface area (Å²) in [6.07, 6.45) is 0. The molecule has 0 radical (unpaired) electrons. The van der Waals surface area contributed by atoms with Gasteiger partial charge in [0.05, 0.1) is 11.0 Å².